The number of aromatic nitrogens is 1. The number of amides is 1. The summed E-state index contributed by atoms with van der Waals surface area (Å²) < 4.78 is 42.9. The van der Waals surface area contributed by atoms with E-state index in [9.17, 15) is 23.1 Å². The molecule has 1 atom stereocenters. The minimum absolute atomic E-state index is 0.0395. The Hall–Kier alpha value is -1.87. The van der Waals surface area contributed by atoms with E-state index >= 15 is 0 Å². The van der Waals surface area contributed by atoms with Crippen LogP contribution >= 0.6 is 11.3 Å². The van der Waals surface area contributed by atoms with E-state index in [-0.39, 0.29) is 29.7 Å². The van der Waals surface area contributed by atoms with Crippen molar-refractivity contribution in [2.45, 2.75) is 25.9 Å². The van der Waals surface area contributed by atoms with Gasteiger partial charge in [-0.3, -0.25) is 4.79 Å². The number of likely N-dealkylation sites (tertiary alicyclic amines) is 1. The molecule has 3 heterocycles. The van der Waals surface area contributed by atoms with Crippen molar-refractivity contribution in [3.8, 4) is 10.6 Å². The van der Waals surface area contributed by atoms with Gasteiger partial charge in [-0.1, -0.05) is 5.16 Å². The summed E-state index contributed by atoms with van der Waals surface area (Å²) in [4.78, 5) is 15.2. The van der Waals surface area contributed by atoms with Crippen molar-refractivity contribution in [1.29, 1.82) is 0 Å². The van der Waals surface area contributed by atoms with Gasteiger partial charge in [0.1, 0.15) is 5.69 Å². The predicted molar refractivity (Wildman–Crippen MR) is 85.3 cm³/mol. The number of aliphatic hydroxyl groups is 1. The first kappa shape index (κ1) is 17.9. The van der Waals surface area contributed by atoms with E-state index in [1.807, 2.05) is 0 Å². The van der Waals surface area contributed by atoms with Crippen molar-refractivity contribution in [2.75, 3.05) is 19.7 Å². The van der Waals surface area contributed by atoms with Gasteiger partial charge in [-0.15, -0.1) is 11.3 Å². The topological polar surface area (TPSA) is 66.6 Å². The lowest BCUT2D eigenvalue weighted by atomic mass is 9.99. The van der Waals surface area contributed by atoms with Gasteiger partial charge in [0.25, 0.3) is 5.91 Å². The van der Waals surface area contributed by atoms with Gasteiger partial charge in [0.05, 0.1) is 9.75 Å². The maximum atomic E-state index is 12.8. The summed E-state index contributed by atoms with van der Waals surface area (Å²) in [6.45, 7) is 2.44. The summed E-state index contributed by atoms with van der Waals surface area (Å²) in [6.07, 6.45) is -2.89. The van der Waals surface area contributed by atoms with Crippen LogP contribution in [-0.2, 0) is 6.18 Å². The normalized spacial score (nSPS) is 18.6. The Kier molecular flexibility index (Phi) is 4.88. The minimum Gasteiger partial charge on any atom is -0.396 e. The third-order valence-electron chi connectivity index (χ3n) is 4.30. The molecule has 0 aromatic carbocycles. The summed E-state index contributed by atoms with van der Waals surface area (Å²) in [5.41, 5.74) is 0.00919. The Morgan fingerprint density at radius 3 is 2.88 bits per heavy atom. The standard InChI is InChI=1S/C16H17F3N2O3S/c1-9-13(20-24-14(9)16(17,18)19)11-4-5-12(25-11)15(23)21-6-2-3-10(7-21)8-22/h4-5,10,22H,2-3,6-8H2,1H3/t10-/m1/s1. The van der Waals surface area contributed by atoms with Crippen LogP contribution in [0.1, 0.15) is 33.8 Å². The summed E-state index contributed by atoms with van der Waals surface area (Å²) in [5.74, 6) is -1.22. The van der Waals surface area contributed by atoms with Crippen LogP contribution in [0.15, 0.2) is 16.7 Å². The molecule has 2 aromatic heterocycles. The number of rotatable bonds is 3. The van der Waals surface area contributed by atoms with Crippen molar-refractivity contribution in [2.24, 2.45) is 5.92 Å². The third kappa shape index (κ3) is 3.57. The molecule has 1 saturated heterocycles. The molecule has 25 heavy (non-hydrogen) atoms. The zero-order valence-electron chi connectivity index (χ0n) is 13.5. The highest BCUT2D eigenvalue weighted by Crippen LogP contribution is 2.38. The fourth-order valence-electron chi connectivity index (χ4n) is 2.96. The fourth-order valence-corrected chi connectivity index (χ4v) is 3.98. The lowest BCUT2D eigenvalue weighted by molar-refractivity contribution is -0.156. The van der Waals surface area contributed by atoms with E-state index < -0.39 is 11.9 Å². The van der Waals surface area contributed by atoms with Crippen LogP contribution in [0, 0.1) is 12.8 Å². The molecule has 0 radical (unpaired) electrons. The molecular weight excluding hydrogens is 357 g/mol. The number of nitrogens with zero attached hydrogens (tertiary/aromatic N) is 2. The minimum atomic E-state index is -4.60. The van der Waals surface area contributed by atoms with Gasteiger partial charge in [0.2, 0.25) is 5.76 Å². The number of aliphatic hydroxyl groups excluding tert-OH is 1. The van der Waals surface area contributed by atoms with E-state index in [0.29, 0.717) is 22.8 Å². The van der Waals surface area contributed by atoms with E-state index in [0.717, 1.165) is 24.2 Å². The Morgan fingerprint density at radius 1 is 1.48 bits per heavy atom. The van der Waals surface area contributed by atoms with Gasteiger partial charge < -0.3 is 14.5 Å². The molecule has 0 spiro atoms. The van der Waals surface area contributed by atoms with Crippen LogP contribution in [-0.4, -0.2) is 40.8 Å². The zero-order chi connectivity index (χ0) is 18.2. The Bertz CT molecular complexity index is 769. The predicted octanol–water partition coefficient (Wildman–Crippen LogP) is 3.57. The molecule has 0 unspecified atom stereocenters. The van der Waals surface area contributed by atoms with Gasteiger partial charge in [-0.2, -0.15) is 13.2 Å². The van der Waals surface area contributed by atoms with Crippen molar-refractivity contribution >= 4 is 17.2 Å². The van der Waals surface area contributed by atoms with Gasteiger partial charge >= 0.3 is 6.18 Å². The zero-order valence-corrected chi connectivity index (χ0v) is 14.3. The Labute approximate surface area is 146 Å². The average Bonchev–Trinajstić information content (AvgIpc) is 3.20. The number of halogens is 3. The second-order valence-electron chi connectivity index (χ2n) is 6.09. The summed E-state index contributed by atoms with van der Waals surface area (Å²) in [5, 5.41) is 12.8. The second kappa shape index (κ2) is 6.80. The van der Waals surface area contributed by atoms with Gasteiger partial charge in [0.15, 0.2) is 0 Å². The first-order chi connectivity index (χ1) is 11.8. The molecule has 0 aliphatic carbocycles. The van der Waals surface area contributed by atoms with E-state index in [1.54, 1.807) is 17.0 Å². The number of carbonyl (C=O) groups is 1. The van der Waals surface area contributed by atoms with E-state index in [2.05, 4.69) is 9.68 Å². The fraction of sp³-hybridized carbons (Fsp3) is 0.500. The third-order valence-corrected chi connectivity index (χ3v) is 5.38. The van der Waals surface area contributed by atoms with Crippen molar-refractivity contribution in [3.05, 3.63) is 28.3 Å². The first-order valence-electron chi connectivity index (χ1n) is 7.85. The molecule has 1 N–H and O–H groups in total. The number of piperidine rings is 1. The van der Waals surface area contributed by atoms with Crippen LogP contribution < -0.4 is 0 Å². The summed E-state index contributed by atoms with van der Waals surface area (Å²) in [7, 11) is 0. The highest BCUT2D eigenvalue weighted by Gasteiger charge is 2.39. The smallest absolute Gasteiger partial charge is 0.396 e. The molecule has 1 fully saturated rings. The van der Waals surface area contributed by atoms with Crippen molar-refractivity contribution in [1.82, 2.24) is 10.1 Å². The molecule has 5 nitrogen and oxygen atoms in total. The second-order valence-corrected chi connectivity index (χ2v) is 7.17. The van der Waals surface area contributed by atoms with Crippen LogP contribution in [0.3, 0.4) is 0 Å². The first-order valence-corrected chi connectivity index (χ1v) is 8.66. The number of carbonyl (C=O) groups excluding carboxylic acids is 1. The maximum absolute atomic E-state index is 12.8. The number of alkyl halides is 3. The Morgan fingerprint density at radius 2 is 2.24 bits per heavy atom. The highest BCUT2D eigenvalue weighted by molar-refractivity contribution is 7.17. The quantitative estimate of drug-likeness (QED) is 0.892. The largest absolute Gasteiger partial charge is 0.452 e. The highest BCUT2D eigenvalue weighted by atomic mass is 32.1. The molecule has 9 heteroatoms. The average molecular weight is 374 g/mol. The number of thiophene rings is 1. The molecular formula is C16H17F3N2O3S. The van der Waals surface area contributed by atoms with Gasteiger partial charge in [0, 0.05) is 25.3 Å². The molecule has 136 valence electrons. The van der Waals surface area contributed by atoms with Gasteiger partial charge in [-0.05, 0) is 37.8 Å². The molecule has 0 bridgehead atoms. The van der Waals surface area contributed by atoms with Crippen molar-refractivity contribution < 1.29 is 27.6 Å². The molecule has 3 rings (SSSR count). The van der Waals surface area contributed by atoms with E-state index in [4.69, 9.17) is 0 Å². The summed E-state index contributed by atoms with van der Waals surface area (Å²) in [6, 6.07) is 3.17. The van der Waals surface area contributed by atoms with Gasteiger partial charge in [-0.25, -0.2) is 0 Å². The molecule has 0 saturated carbocycles. The molecule has 1 aliphatic rings. The number of hydrogen-bond donors (Lipinski definition) is 1. The van der Waals surface area contributed by atoms with Crippen LogP contribution in [0.25, 0.3) is 10.6 Å². The molecule has 1 amide bonds. The summed E-state index contributed by atoms with van der Waals surface area (Å²) >= 11 is 1.09. The lowest BCUT2D eigenvalue weighted by Gasteiger charge is -2.31. The van der Waals surface area contributed by atoms with Crippen LogP contribution in [0.4, 0.5) is 13.2 Å². The van der Waals surface area contributed by atoms with Crippen LogP contribution in [0.5, 0.6) is 0 Å². The monoisotopic (exact) mass is 374 g/mol. The van der Waals surface area contributed by atoms with Crippen LogP contribution in [0.2, 0.25) is 0 Å². The SMILES string of the molecule is Cc1c(-c2ccc(C(=O)N3CCC[C@@H](CO)C3)s2)noc1C(F)(F)F. The maximum Gasteiger partial charge on any atom is 0.452 e. The molecule has 2 aromatic rings. The lowest BCUT2D eigenvalue weighted by Crippen LogP contribution is -2.40. The number of hydrogen-bond acceptors (Lipinski definition) is 5. The van der Waals surface area contributed by atoms with Crippen molar-refractivity contribution in [3.63, 3.8) is 0 Å². The Balaban J connectivity index is 1.81. The van der Waals surface area contributed by atoms with E-state index in [1.165, 1.54) is 6.92 Å². The molecule has 1 aliphatic heterocycles.